The molecule has 1 N–H and O–H groups in total. The van der Waals surface area contributed by atoms with Gasteiger partial charge in [-0.15, -0.1) is 0 Å². The van der Waals surface area contributed by atoms with Gasteiger partial charge in [0.1, 0.15) is 0 Å². The molecule has 15 heavy (non-hydrogen) atoms. The van der Waals surface area contributed by atoms with E-state index in [-0.39, 0.29) is 5.04 Å². The van der Waals surface area contributed by atoms with E-state index in [1.165, 1.54) is 25.7 Å². The first kappa shape index (κ1) is 15.2. The van der Waals surface area contributed by atoms with Crippen molar-refractivity contribution in [3.8, 4) is 0 Å². The zero-order valence-electron chi connectivity index (χ0n) is 11.8. The van der Waals surface area contributed by atoms with E-state index >= 15 is 0 Å². The highest BCUT2D eigenvalue weighted by Gasteiger charge is 2.42. The van der Waals surface area contributed by atoms with Crippen LogP contribution in [0.1, 0.15) is 60.3 Å². The van der Waals surface area contributed by atoms with Crippen molar-refractivity contribution in [2.24, 2.45) is 5.41 Å². The molecule has 1 nitrogen and oxygen atoms in total. The standard InChI is InChI=1S/C13H30OSi/c1-8-13(9-2,10-3)11-12(4,5)15(6,7)14/h14H,8-11H2,1-7H3. The maximum Gasteiger partial charge on any atom is 0.188 e. The van der Waals surface area contributed by atoms with Gasteiger partial charge < -0.3 is 4.80 Å². The Labute approximate surface area is 97.4 Å². The van der Waals surface area contributed by atoms with E-state index < -0.39 is 8.32 Å². The lowest BCUT2D eigenvalue weighted by molar-refractivity contribution is 0.193. The lowest BCUT2D eigenvalue weighted by Crippen LogP contribution is -2.42. The Balaban J connectivity index is 4.82. The molecule has 92 valence electrons. The summed E-state index contributed by atoms with van der Waals surface area (Å²) in [4.78, 5) is 10.3. The van der Waals surface area contributed by atoms with E-state index in [9.17, 15) is 4.80 Å². The summed E-state index contributed by atoms with van der Waals surface area (Å²) in [6.45, 7) is 15.5. The molecule has 0 atom stereocenters. The van der Waals surface area contributed by atoms with Crippen molar-refractivity contribution in [2.75, 3.05) is 0 Å². The zero-order valence-corrected chi connectivity index (χ0v) is 12.8. The monoisotopic (exact) mass is 230 g/mol. The molecule has 0 aromatic heterocycles. The van der Waals surface area contributed by atoms with E-state index in [0.717, 1.165) is 0 Å². The van der Waals surface area contributed by atoms with Gasteiger partial charge in [-0.1, -0.05) is 53.9 Å². The minimum absolute atomic E-state index is 0.120. The van der Waals surface area contributed by atoms with Crippen LogP contribution in [0.4, 0.5) is 0 Å². The number of hydrogen-bond acceptors (Lipinski definition) is 1. The lowest BCUT2D eigenvalue weighted by Gasteiger charge is -2.43. The molecule has 0 aromatic rings. The molecule has 0 aliphatic heterocycles. The molecule has 0 saturated carbocycles. The van der Waals surface area contributed by atoms with Crippen molar-refractivity contribution in [3.05, 3.63) is 0 Å². The van der Waals surface area contributed by atoms with E-state index in [0.29, 0.717) is 5.41 Å². The molecule has 0 aromatic carbocycles. The second kappa shape index (κ2) is 5.01. The molecule has 0 unspecified atom stereocenters. The van der Waals surface area contributed by atoms with Gasteiger partial charge in [-0.3, -0.25) is 0 Å². The SMILES string of the molecule is CCC(CC)(CC)CC(C)(C)[Si](C)(C)O. The Kier molecular flexibility index (Phi) is 5.06. The molecular weight excluding hydrogens is 200 g/mol. The van der Waals surface area contributed by atoms with Crippen LogP contribution in [-0.4, -0.2) is 13.1 Å². The van der Waals surface area contributed by atoms with Crippen LogP contribution in [0.15, 0.2) is 0 Å². The fourth-order valence-electron chi connectivity index (χ4n) is 2.28. The normalized spacial score (nSPS) is 14.4. The minimum atomic E-state index is -2.04. The summed E-state index contributed by atoms with van der Waals surface area (Å²) in [5, 5.41) is 0.120. The van der Waals surface area contributed by atoms with Crippen molar-refractivity contribution < 1.29 is 4.80 Å². The molecule has 0 fully saturated rings. The summed E-state index contributed by atoms with van der Waals surface area (Å²) in [6.07, 6.45) is 4.86. The van der Waals surface area contributed by atoms with Crippen molar-refractivity contribution in [1.82, 2.24) is 0 Å². The van der Waals surface area contributed by atoms with E-state index in [1.807, 2.05) is 0 Å². The maximum absolute atomic E-state index is 10.3. The van der Waals surface area contributed by atoms with Crippen LogP contribution in [-0.2, 0) is 0 Å². The van der Waals surface area contributed by atoms with Crippen molar-refractivity contribution >= 4 is 8.32 Å². The Morgan fingerprint density at radius 3 is 1.47 bits per heavy atom. The van der Waals surface area contributed by atoms with Crippen LogP contribution in [0, 0.1) is 5.41 Å². The first-order valence-corrected chi connectivity index (χ1v) is 9.31. The molecule has 0 spiro atoms. The second-order valence-corrected chi connectivity index (χ2v) is 10.7. The van der Waals surface area contributed by atoms with Gasteiger partial charge in [0.2, 0.25) is 0 Å². The third-order valence-corrected chi connectivity index (χ3v) is 8.21. The molecule has 0 rings (SSSR count). The summed E-state index contributed by atoms with van der Waals surface area (Å²) in [7, 11) is -2.04. The summed E-state index contributed by atoms with van der Waals surface area (Å²) in [6, 6.07) is 0. The third kappa shape index (κ3) is 3.60. The highest BCUT2D eigenvalue weighted by Crippen LogP contribution is 2.49. The third-order valence-electron chi connectivity index (χ3n) is 4.72. The Morgan fingerprint density at radius 2 is 1.27 bits per heavy atom. The zero-order chi connectivity index (χ0) is 12.3. The number of hydrogen-bond donors (Lipinski definition) is 1. The van der Waals surface area contributed by atoms with Gasteiger partial charge in [0.15, 0.2) is 8.32 Å². The molecule has 0 aliphatic rings. The Morgan fingerprint density at radius 1 is 0.933 bits per heavy atom. The summed E-state index contributed by atoms with van der Waals surface area (Å²) in [5.74, 6) is 0. The van der Waals surface area contributed by atoms with Crippen LogP contribution < -0.4 is 0 Å². The number of rotatable bonds is 6. The molecule has 0 radical (unpaired) electrons. The predicted octanol–water partition coefficient (Wildman–Crippen LogP) is 4.57. The second-order valence-electron chi connectivity index (χ2n) is 6.18. The van der Waals surface area contributed by atoms with Crippen LogP contribution in [0.5, 0.6) is 0 Å². The largest absolute Gasteiger partial charge is 0.432 e. The van der Waals surface area contributed by atoms with Gasteiger partial charge in [-0.2, -0.15) is 0 Å². The van der Waals surface area contributed by atoms with Gasteiger partial charge in [0.05, 0.1) is 0 Å². The van der Waals surface area contributed by atoms with Crippen LogP contribution in [0.3, 0.4) is 0 Å². The van der Waals surface area contributed by atoms with Gasteiger partial charge in [-0.05, 0) is 30.0 Å². The highest BCUT2D eigenvalue weighted by molar-refractivity contribution is 6.72. The first-order valence-electron chi connectivity index (χ1n) is 6.36. The molecule has 0 heterocycles. The van der Waals surface area contributed by atoms with E-state index in [2.05, 4.69) is 47.7 Å². The van der Waals surface area contributed by atoms with Crippen molar-refractivity contribution in [2.45, 2.75) is 78.4 Å². The minimum Gasteiger partial charge on any atom is -0.432 e. The quantitative estimate of drug-likeness (QED) is 0.663. The van der Waals surface area contributed by atoms with Crippen molar-refractivity contribution in [1.29, 1.82) is 0 Å². The molecule has 2 heteroatoms. The topological polar surface area (TPSA) is 20.2 Å². The highest BCUT2D eigenvalue weighted by atomic mass is 28.4. The summed E-state index contributed by atoms with van der Waals surface area (Å²) < 4.78 is 0. The smallest absolute Gasteiger partial charge is 0.188 e. The molecule has 0 saturated heterocycles. The van der Waals surface area contributed by atoms with Gasteiger partial charge in [0.25, 0.3) is 0 Å². The van der Waals surface area contributed by atoms with Crippen LogP contribution >= 0.6 is 0 Å². The molecular formula is C13H30OSi. The average Bonchev–Trinajstić information content (AvgIpc) is 2.12. The summed E-state index contributed by atoms with van der Waals surface area (Å²) >= 11 is 0. The van der Waals surface area contributed by atoms with Gasteiger partial charge >= 0.3 is 0 Å². The van der Waals surface area contributed by atoms with Gasteiger partial charge in [-0.25, -0.2) is 0 Å². The molecule has 0 aliphatic carbocycles. The van der Waals surface area contributed by atoms with Crippen LogP contribution in [0.25, 0.3) is 0 Å². The fourth-order valence-corrected chi connectivity index (χ4v) is 3.09. The Hall–Kier alpha value is 0.177. The van der Waals surface area contributed by atoms with Gasteiger partial charge in [0, 0.05) is 0 Å². The lowest BCUT2D eigenvalue weighted by atomic mass is 9.73. The summed E-state index contributed by atoms with van der Waals surface area (Å²) in [5.41, 5.74) is 0.441. The molecule has 0 bridgehead atoms. The van der Waals surface area contributed by atoms with Crippen molar-refractivity contribution in [3.63, 3.8) is 0 Å². The average molecular weight is 230 g/mol. The fraction of sp³-hybridized carbons (Fsp3) is 1.00. The molecule has 0 amide bonds. The van der Waals surface area contributed by atoms with E-state index in [4.69, 9.17) is 0 Å². The maximum atomic E-state index is 10.3. The Bertz CT molecular complexity index is 179. The van der Waals surface area contributed by atoms with Crippen LogP contribution in [0.2, 0.25) is 18.1 Å². The predicted molar refractivity (Wildman–Crippen MR) is 71.7 cm³/mol. The first-order chi connectivity index (χ1) is 6.64. The van der Waals surface area contributed by atoms with E-state index in [1.54, 1.807) is 0 Å².